The van der Waals surface area contributed by atoms with E-state index in [2.05, 4.69) is 0 Å². The van der Waals surface area contributed by atoms with Crippen molar-refractivity contribution in [1.29, 1.82) is 0 Å². The minimum absolute atomic E-state index is 0.0344. The van der Waals surface area contributed by atoms with Gasteiger partial charge in [0, 0.05) is 65.6 Å². The molecule has 4 rings (SSSR count). The molecular formula is C56H89NO15. The quantitative estimate of drug-likeness (QED) is 0.0837. The highest BCUT2D eigenvalue weighted by molar-refractivity contribution is 6.39. The van der Waals surface area contributed by atoms with Gasteiger partial charge in [-0.3, -0.25) is 19.2 Å². The van der Waals surface area contributed by atoms with Crippen LogP contribution in [0.5, 0.6) is 0 Å². The Morgan fingerprint density at radius 2 is 1.53 bits per heavy atom. The predicted molar refractivity (Wildman–Crippen MR) is 272 cm³/mol. The number of aliphatic hydroxyl groups excluding tert-OH is 1. The summed E-state index contributed by atoms with van der Waals surface area (Å²) in [6.45, 7) is 14.5. The molecule has 2 bridgehead atoms. The first-order valence-electron chi connectivity index (χ1n) is 26.5. The normalized spacial score (nSPS) is 37.7. The Balaban J connectivity index is 1.73. The number of ether oxygens (including phenoxy) is 8. The van der Waals surface area contributed by atoms with Crippen molar-refractivity contribution in [1.82, 2.24) is 4.90 Å². The van der Waals surface area contributed by atoms with Crippen LogP contribution < -0.4 is 0 Å². The summed E-state index contributed by atoms with van der Waals surface area (Å²) >= 11 is 0. The Kier molecular flexibility index (Phi) is 25.6. The third-order valence-corrected chi connectivity index (χ3v) is 15.4. The largest absolute Gasteiger partial charge is 0.460 e. The Hall–Kier alpha value is -3.45. The molecule has 3 heterocycles. The SMILES string of the molecule is COCCOCCO[C@H]1C[C@@H]2CC[C@@H](C)[C@@](O)(O2)C(=O)C(=O)N2CCCC[C@H]2C(=O)O[C@H]([C@H](C)C[C@@H]2CC[C@@H](O)[C@H](OC)C2)CC(=O)[C@H](C)/C=C(\C)[C@@H](OC)[C@@H](OC)C(=O)[C@H](C)C[C@H](C)/C=C/C=C/C=C/1C. The van der Waals surface area contributed by atoms with Crippen LogP contribution in [0.15, 0.2) is 47.6 Å². The van der Waals surface area contributed by atoms with Crippen molar-refractivity contribution in [3.8, 4) is 0 Å². The Labute approximate surface area is 429 Å². The van der Waals surface area contributed by atoms with Crippen LogP contribution >= 0.6 is 0 Å². The molecular weight excluding hydrogens is 927 g/mol. The van der Waals surface area contributed by atoms with Crippen LogP contribution in [0, 0.1) is 35.5 Å². The standard InChI is InChI=1S/C56H89NO15/c1-35-17-13-12-14-18-36(2)47(70-28-27-69-26-25-65-8)33-43-22-20-41(7)56(64,72-43)53(61)54(62)57-24-16-15-19-44(57)55(63)71-48(38(4)31-42-21-23-45(58)49(32-42)66-9)34-46(59)37(3)30-40(6)51(67-10)52(68-11)50(60)39(5)29-35/h12-14,17-18,30,35,37-39,41-45,47-49,51-52,58,64H,15-16,19-29,31-34H2,1-11H3/b14-12+,17-13+,36-18+,40-30+/t35-,37-,38-,39-,41-,42+,43+,44+,45-,47+,48+,49-,51-,52+,56-/m1/s1. The van der Waals surface area contributed by atoms with Crippen molar-refractivity contribution < 1.29 is 72.1 Å². The predicted octanol–water partition coefficient (Wildman–Crippen LogP) is 6.87. The number of hydrogen-bond acceptors (Lipinski definition) is 15. The van der Waals surface area contributed by atoms with Gasteiger partial charge in [-0.2, -0.15) is 0 Å². The zero-order chi connectivity index (χ0) is 53.1. The molecule has 2 saturated heterocycles. The average molecular weight is 1020 g/mol. The summed E-state index contributed by atoms with van der Waals surface area (Å²) in [4.78, 5) is 72.9. The molecule has 1 saturated carbocycles. The molecule has 15 atom stereocenters. The summed E-state index contributed by atoms with van der Waals surface area (Å²) in [6, 6.07) is -1.15. The summed E-state index contributed by atoms with van der Waals surface area (Å²) in [7, 11) is 6.16. The molecule has 16 heteroatoms. The number of ketones is 3. The van der Waals surface area contributed by atoms with Crippen LogP contribution in [-0.4, -0.2) is 160 Å². The van der Waals surface area contributed by atoms with E-state index in [1.165, 1.54) is 19.1 Å². The smallest absolute Gasteiger partial charge is 0.329 e. The highest BCUT2D eigenvalue weighted by Crippen LogP contribution is 2.38. The second-order valence-electron chi connectivity index (χ2n) is 21.0. The van der Waals surface area contributed by atoms with Crippen molar-refractivity contribution >= 4 is 29.2 Å². The number of carbonyl (C=O) groups excluding carboxylic acids is 5. The van der Waals surface area contributed by atoms with E-state index in [0.717, 1.165) is 12.0 Å². The number of aliphatic hydroxyl groups is 2. The monoisotopic (exact) mass is 1020 g/mol. The molecule has 0 radical (unpaired) electrons. The lowest BCUT2D eigenvalue weighted by Gasteiger charge is -2.43. The van der Waals surface area contributed by atoms with Crippen LogP contribution in [0.1, 0.15) is 126 Å². The van der Waals surface area contributed by atoms with Crippen LogP contribution in [0.25, 0.3) is 0 Å². The molecule has 408 valence electrons. The van der Waals surface area contributed by atoms with Gasteiger partial charge in [0.25, 0.3) is 11.7 Å². The highest BCUT2D eigenvalue weighted by atomic mass is 16.6. The summed E-state index contributed by atoms with van der Waals surface area (Å²) in [5, 5.41) is 22.7. The van der Waals surface area contributed by atoms with Gasteiger partial charge in [-0.1, -0.05) is 71.1 Å². The topological polar surface area (TPSA) is 203 Å². The van der Waals surface area contributed by atoms with Gasteiger partial charge < -0.3 is 53.0 Å². The molecule has 2 N–H and O–H groups in total. The number of amides is 1. The lowest BCUT2D eigenvalue weighted by molar-refractivity contribution is -0.266. The average Bonchev–Trinajstić information content (AvgIpc) is 3.36. The second-order valence-corrected chi connectivity index (χ2v) is 21.0. The number of cyclic esters (lactones) is 1. The van der Waals surface area contributed by atoms with Crippen molar-refractivity contribution in [2.24, 2.45) is 35.5 Å². The Bertz CT molecular complexity index is 1880. The van der Waals surface area contributed by atoms with Gasteiger partial charge in [0.2, 0.25) is 5.79 Å². The van der Waals surface area contributed by atoms with E-state index in [1.807, 2.05) is 58.1 Å². The van der Waals surface area contributed by atoms with Gasteiger partial charge in [-0.25, -0.2) is 4.79 Å². The third-order valence-electron chi connectivity index (χ3n) is 15.4. The molecule has 1 amide bonds. The number of hydrogen-bond donors (Lipinski definition) is 2. The number of carbonyl (C=O) groups is 5. The molecule has 0 aromatic carbocycles. The Morgan fingerprint density at radius 1 is 0.806 bits per heavy atom. The van der Waals surface area contributed by atoms with Crippen molar-refractivity contribution in [2.45, 2.75) is 180 Å². The highest BCUT2D eigenvalue weighted by Gasteiger charge is 2.53. The van der Waals surface area contributed by atoms with Crippen molar-refractivity contribution in [3.05, 3.63) is 47.6 Å². The van der Waals surface area contributed by atoms with Crippen LogP contribution in [0.2, 0.25) is 0 Å². The number of fused-ring (bicyclic) bond motifs is 3. The first-order chi connectivity index (χ1) is 34.3. The minimum Gasteiger partial charge on any atom is -0.460 e. The molecule has 16 nitrogen and oxygen atoms in total. The maximum absolute atomic E-state index is 14.5. The third kappa shape index (κ3) is 17.3. The van der Waals surface area contributed by atoms with E-state index >= 15 is 0 Å². The molecule has 3 aliphatic heterocycles. The van der Waals surface area contributed by atoms with Gasteiger partial charge >= 0.3 is 5.97 Å². The lowest BCUT2D eigenvalue weighted by Crippen LogP contribution is -2.61. The fraction of sp³-hybridized carbons (Fsp3) is 0.768. The summed E-state index contributed by atoms with van der Waals surface area (Å²) in [6.07, 6.45) is 12.1. The molecule has 3 fully saturated rings. The van der Waals surface area contributed by atoms with Gasteiger partial charge in [0.1, 0.15) is 30.1 Å². The van der Waals surface area contributed by atoms with Crippen molar-refractivity contribution in [2.75, 3.05) is 61.4 Å². The number of nitrogens with zero attached hydrogens (tertiary/aromatic N) is 1. The summed E-state index contributed by atoms with van der Waals surface area (Å²) < 4.78 is 47.0. The van der Waals surface area contributed by atoms with Crippen LogP contribution in [0.3, 0.4) is 0 Å². The zero-order valence-electron chi connectivity index (χ0n) is 45.2. The first kappa shape index (κ1) is 61.1. The van der Waals surface area contributed by atoms with E-state index in [9.17, 15) is 34.2 Å². The number of rotatable bonds is 13. The van der Waals surface area contributed by atoms with Crippen LogP contribution in [-0.2, 0) is 61.9 Å². The fourth-order valence-electron chi connectivity index (χ4n) is 10.8. The van der Waals surface area contributed by atoms with Gasteiger partial charge in [-0.05, 0) is 107 Å². The molecule has 0 unspecified atom stereocenters. The maximum Gasteiger partial charge on any atom is 0.329 e. The van der Waals surface area contributed by atoms with E-state index in [-0.39, 0.29) is 73.8 Å². The summed E-state index contributed by atoms with van der Waals surface area (Å²) in [5.74, 6) is -7.67. The van der Waals surface area contributed by atoms with E-state index in [1.54, 1.807) is 41.1 Å². The molecule has 0 aromatic rings. The molecule has 72 heavy (non-hydrogen) atoms. The first-order valence-corrected chi connectivity index (χ1v) is 26.5. The lowest BCUT2D eigenvalue weighted by atomic mass is 9.78. The van der Waals surface area contributed by atoms with Crippen molar-refractivity contribution in [3.63, 3.8) is 0 Å². The second kappa shape index (κ2) is 30.2. The molecule has 0 aromatic heterocycles. The molecule has 1 aliphatic carbocycles. The molecule has 0 spiro atoms. The fourth-order valence-corrected chi connectivity index (χ4v) is 10.8. The number of piperidine rings is 1. The van der Waals surface area contributed by atoms with Crippen LogP contribution in [0.4, 0.5) is 0 Å². The Morgan fingerprint density at radius 3 is 2.22 bits per heavy atom. The zero-order valence-corrected chi connectivity index (χ0v) is 45.2. The maximum atomic E-state index is 14.5. The van der Waals surface area contributed by atoms with E-state index < -0.39 is 77.9 Å². The number of Topliss-reactive ketones (excluding diaryl/α,β-unsaturated/α-hetero) is 3. The van der Waals surface area contributed by atoms with Gasteiger partial charge in [-0.15, -0.1) is 0 Å². The number of esters is 1. The number of methoxy groups -OCH3 is 4. The summed E-state index contributed by atoms with van der Waals surface area (Å²) in [5.41, 5.74) is 1.50. The molecule has 4 aliphatic rings. The number of allylic oxidation sites excluding steroid dienone is 6. The minimum atomic E-state index is -2.47. The van der Waals surface area contributed by atoms with E-state index in [4.69, 9.17) is 37.9 Å². The van der Waals surface area contributed by atoms with Gasteiger partial charge in [0.05, 0.1) is 50.8 Å². The van der Waals surface area contributed by atoms with Gasteiger partial charge in [0.15, 0.2) is 5.78 Å². The van der Waals surface area contributed by atoms with E-state index in [0.29, 0.717) is 76.8 Å².